The van der Waals surface area contributed by atoms with Gasteiger partial charge in [-0.25, -0.2) is 0 Å². The topological polar surface area (TPSA) is 66.8 Å². The first-order valence-electron chi connectivity index (χ1n) is 9.90. The van der Waals surface area contributed by atoms with Gasteiger partial charge in [0.1, 0.15) is 0 Å². The van der Waals surface area contributed by atoms with Crippen molar-refractivity contribution < 1.29 is 19.4 Å². The number of methoxy groups -OCH3 is 1. The molecule has 6 heteroatoms. The highest BCUT2D eigenvalue weighted by Crippen LogP contribution is 2.34. The number of piperidine rings is 1. The fraction of sp³-hybridized carbons (Fsp3) is 0.800. The second-order valence-electron chi connectivity index (χ2n) is 7.31. The number of rotatable bonds is 12. The highest BCUT2D eigenvalue weighted by atomic mass is 32.2. The maximum atomic E-state index is 12.3. The molecule has 26 heavy (non-hydrogen) atoms. The van der Waals surface area contributed by atoms with Crippen molar-refractivity contribution in [2.24, 2.45) is 5.92 Å². The molecule has 5 nitrogen and oxygen atoms in total. The van der Waals surface area contributed by atoms with Gasteiger partial charge in [-0.2, -0.15) is 11.8 Å². The Morgan fingerprint density at radius 2 is 2.19 bits per heavy atom. The van der Waals surface area contributed by atoms with E-state index >= 15 is 0 Å². The Hall–Kier alpha value is -1.01. The van der Waals surface area contributed by atoms with Gasteiger partial charge in [0, 0.05) is 25.1 Å². The van der Waals surface area contributed by atoms with Crippen molar-refractivity contribution >= 4 is 23.6 Å². The number of hydrogen-bond acceptors (Lipinski definition) is 5. The molecular weight excluding hydrogens is 350 g/mol. The van der Waals surface area contributed by atoms with E-state index in [1.54, 1.807) is 11.8 Å². The lowest BCUT2D eigenvalue weighted by atomic mass is 10.00. The molecule has 1 N–H and O–H groups in total. The van der Waals surface area contributed by atoms with Gasteiger partial charge in [-0.1, -0.05) is 25.0 Å². The minimum atomic E-state index is -0.387. The van der Waals surface area contributed by atoms with Crippen LogP contribution in [0.1, 0.15) is 57.8 Å². The normalized spacial score (nSPS) is 22.0. The van der Waals surface area contributed by atoms with E-state index in [0.717, 1.165) is 56.1 Å². The summed E-state index contributed by atoms with van der Waals surface area (Å²) in [4.78, 5) is 25.3. The third kappa shape index (κ3) is 8.12. The second kappa shape index (κ2) is 11.7. The third-order valence-corrected chi connectivity index (χ3v) is 6.16. The van der Waals surface area contributed by atoms with Gasteiger partial charge >= 0.3 is 5.97 Å². The van der Waals surface area contributed by atoms with Crippen LogP contribution in [-0.4, -0.2) is 59.2 Å². The largest absolute Gasteiger partial charge is 0.469 e. The summed E-state index contributed by atoms with van der Waals surface area (Å²) in [5.41, 5.74) is 0. The Bertz CT molecular complexity index is 478. The molecule has 1 amide bonds. The van der Waals surface area contributed by atoms with Crippen molar-refractivity contribution in [3.63, 3.8) is 0 Å². The van der Waals surface area contributed by atoms with Crippen LogP contribution in [0.25, 0.3) is 0 Å². The number of esters is 1. The lowest BCUT2D eigenvalue weighted by molar-refractivity contribution is -0.140. The van der Waals surface area contributed by atoms with E-state index in [1.807, 2.05) is 17.1 Å². The molecule has 148 valence electrons. The number of aliphatic hydroxyl groups is 1. The quantitative estimate of drug-likeness (QED) is 0.319. The summed E-state index contributed by atoms with van der Waals surface area (Å²) in [6.07, 6.45) is 11.9. The van der Waals surface area contributed by atoms with Crippen molar-refractivity contribution in [1.29, 1.82) is 0 Å². The van der Waals surface area contributed by atoms with E-state index in [4.69, 9.17) is 0 Å². The summed E-state index contributed by atoms with van der Waals surface area (Å²) < 4.78 is 4.63. The molecule has 0 bridgehead atoms. The predicted molar refractivity (Wildman–Crippen MR) is 105 cm³/mol. The summed E-state index contributed by atoms with van der Waals surface area (Å²) in [7, 11) is 1.41. The number of ether oxygens (including phenoxy) is 1. The first kappa shape index (κ1) is 21.3. The second-order valence-corrected chi connectivity index (χ2v) is 8.54. The Morgan fingerprint density at radius 1 is 1.38 bits per heavy atom. The zero-order valence-corrected chi connectivity index (χ0v) is 16.7. The maximum absolute atomic E-state index is 12.3. The third-order valence-electron chi connectivity index (χ3n) is 5.11. The lowest BCUT2D eigenvalue weighted by Gasteiger charge is -2.34. The fourth-order valence-electron chi connectivity index (χ4n) is 3.29. The molecule has 1 heterocycles. The number of hydrogen-bond donors (Lipinski definition) is 1. The smallest absolute Gasteiger partial charge is 0.305 e. The molecule has 1 saturated heterocycles. The number of amides is 1. The number of likely N-dealkylation sites (tertiary alicyclic amines) is 1. The molecular formula is C20H33NO4S. The average Bonchev–Trinajstić information content (AvgIpc) is 3.46. The van der Waals surface area contributed by atoms with E-state index in [0.29, 0.717) is 12.8 Å². The molecule has 2 atom stereocenters. The van der Waals surface area contributed by atoms with E-state index in [9.17, 15) is 14.7 Å². The zero-order chi connectivity index (χ0) is 18.8. The first-order chi connectivity index (χ1) is 12.6. The molecule has 0 unspecified atom stereocenters. The van der Waals surface area contributed by atoms with Gasteiger partial charge < -0.3 is 14.7 Å². The highest BCUT2D eigenvalue weighted by molar-refractivity contribution is 7.99. The number of thioether (sulfide) groups is 1. The van der Waals surface area contributed by atoms with Crippen molar-refractivity contribution in [2.45, 2.75) is 69.9 Å². The van der Waals surface area contributed by atoms with Crippen LogP contribution in [0.2, 0.25) is 0 Å². The van der Waals surface area contributed by atoms with E-state index in [-0.39, 0.29) is 24.0 Å². The van der Waals surface area contributed by atoms with E-state index in [1.165, 1.54) is 20.0 Å². The van der Waals surface area contributed by atoms with Crippen LogP contribution in [0.5, 0.6) is 0 Å². The molecule has 2 fully saturated rings. The molecule has 0 aromatic carbocycles. The summed E-state index contributed by atoms with van der Waals surface area (Å²) in [6.45, 7) is 0.731. The van der Waals surface area contributed by atoms with Crippen LogP contribution in [0, 0.1) is 5.92 Å². The average molecular weight is 384 g/mol. The molecule has 1 aliphatic carbocycles. The molecule has 2 rings (SSSR count). The van der Waals surface area contributed by atoms with Crippen molar-refractivity contribution in [3.8, 4) is 0 Å². The van der Waals surface area contributed by atoms with Crippen LogP contribution in [0.4, 0.5) is 0 Å². The summed E-state index contributed by atoms with van der Waals surface area (Å²) in [5, 5.41) is 10.1. The van der Waals surface area contributed by atoms with Gasteiger partial charge in [0.2, 0.25) is 5.91 Å². The molecule has 1 aliphatic heterocycles. The van der Waals surface area contributed by atoms with Crippen molar-refractivity contribution in [2.75, 3.05) is 25.2 Å². The Kier molecular flexibility index (Phi) is 9.54. The Morgan fingerprint density at radius 3 is 2.92 bits per heavy atom. The number of carbonyl (C=O) groups is 2. The highest BCUT2D eigenvalue weighted by Gasteiger charge is 2.26. The molecule has 1 saturated carbocycles. The van der Waals surface area contributed by atoms with E-state index in [2.05, 4.69) is 4.74 Å². The lowest BCUT2D eigenvalue weighted by Crippen LogP contribution is -2.43. The summed E-state index contributed by atoms with van der Waals surface area (Å²) in [6, 6.07) is 0.113. The minimum absolute atomic E-state index is 0.113. The van der Waals surface area contributed by atoms with Crippen molar-refractivity contribution in [3.05, 3.63) is 12.2 Å². The van der Waals surface area contributed by atoms with Gasteiger partial charge in [-0.05, 0) is 43.8 Å². The monoisotopic (exact) mass is 383 g/mol. The van der Waals surface area contributed by atoms with Crippen LogP contribution in [0.3, 0.4) is 0 Å². The number of carbonyl (C=O) groups excluding carboxylic acids is 2. The molecule has 0 aromatic rings. The zero-order valence-electron chi connectivity index (χ0n) is 15.9. The fourth-order valence-corrected chi connectivity index (χ4v) is 4.17. The molecule has 0 spiro atoms. The van der Waals surface area contributed by atoms with Crippen LogP contribution in [0.15, 0.2) is 12.2 Å². The maximum Gasteiger partial charge on any atom is 0.305 e. The molecule has 0 radical (unpaired) electrons. The van der Waals surface area contributed by atoms with Gasteiger partial charge in [-0.15, -0.1) is 0 Å². The van der Waals surface area contributed by atoms with Gasteiger partial charge in [-0.3, -0.25) is 9.59 Å². The number of aliphatic hydroxyl groups excluding tert-OH is 1. The van der Waals surface area contributed by atoms with Gasteiger partial charge in [0.05, 0.1) is 19.3 Å². The SMILES string of the molecule is COC(=O)CCCSCCN1C(=O)CCC[C@@H]1C=C[C@@H](O)CCC1CC1. The van der Waals surface area contributed by atoms with Gasteiger partial charge in [0.15, 0.2) is 0 Å². The van der Waals surface area contributed by atoms with Gasteiger partial charge in [0.25, 0.3) is 0 Å². The summed E-state index contributed by atoms with van der Waals surface area (Å²) >= 11 is 1.77. The minimum Gasteiger partial charge on any atom is -0.469 e. The van der Waals surface area contributed by atoms with Crippen LogP contribution >= 0.6 is 11.8 Å². The van der Waals surface area contributed by atoms with E-state index < -0.39 is 0 Å². The summed E-state index contributed by atoms with van der Waals surface area (Å²) in [5.74, 6) is 2.66. The molecule has 0 aromatic heterocycles. The van der Waals surface area contributed by atoms with Crippen LogP contribution < -0.4 is 0 Å². The Balaban J connectivity index is 1.68. The number of nitrogens with zero attached hydrogens (tertiary/aromatic N) is 1. The van der Waals surface area contributed by atoms with Crippen LogP contribution in [-0.2, 0) is 14.3 Å². The predicted octanol–water partition coefficient (Wildman–Crippen LogP) is 3.16. The Labute approximate surface area is 161 Å². The standard InChI is InChI=1S/C20H33NO4S/c1-25-20(24)6-3-14-26-15-13-21-17(4-2-5-19(21)23)10-12-18(22)11-9-16-7-8-16/h10,12,16-18,22H,2-9,11,13-15H2,1H3/t17-,18+/m1/s1. The first-order valence-corrected chi connectivity index (χ1v) is 11.1. The van der Waals surface area contributed by atoms with Crippen molar-refractivity contribution in [1.82, 2.24) is 4.90 Å². The molecule has 2 aliphatic rings.